The van der Waals surface area contributed by atoms with Crippen LogP contribution in [0.5, 0.6) is 0 Å². The molecule has 2 aromatic rings. The Morgan fingerprint density at radius 3 is 2.50 bits per heavy atom. The molecule has 0 saturated heterocycles. The monoisotopic (exact) mass is 290 g/mol. The molecular formula is C10H6BrF3N2. The Kier molecular flexibility index (Phi) is 2.75. The molecule has 0 spiro atoms. The Labute approximate surface area is 97.6 Å². The first kappa shape index (κ1) is 11.2. The van der Waals surface area contributed by atoms with Gasteiger partial charge in [-0.3, -0.25) is 5.10 Å². The molecule has 1 aromatic heterocycles. The summed E-state index contributed by atoms with van der Waals surface area (Å²) in [6.45, 7) is 0. The topological polar surface area (TPSA) is 28.7 Å². The molecule has 0 aliphatic carbocycles. The van der Waals surface area contributed by atoms with Crippen molar-refractivity contribution in [1.29, 1.82) is 0 Å². The van der Waals surface area contributed by atoms with Gasteiger partial charge >= 0.3 is 6.18 Å². The predicted molar refractivity (Wildman–Crippen MR) is 56.7 cm³/mol. The van der Waals surface area contributed by atoms with E-state index in [0.717, 1.165) is 6.07 Å². The van der Waals surface area contributed by atoms with Gasteiger partial charge in [0.15, 0.2) is 0 Å². The number of nitrogens with zero attached hydrogens (tertiary/aromatic N) is 1. The summed E-state index contributed by atoms with van der Waals surface area (Å²) in [5.41, 5.74) is -0.251. The van der Waals surface area contributed by atoms with E-state index in [2.05, 4.69) is 26.1 Å². The summed E-state index contributed by atoms with van der Waals surface area (Å²) in [5.74, 6) is 0. The van der Waals surface area contributed by atoms with Crippen LogP contribution in [0.15, 0.2) is 34.9 Å². The predicted octanol–water partition coefficient (Wildman–Crippen LogP) is 3.86. The van der Waals surface area contributed by atoms with Gasteiger partial charge in [0, 0.05) is 16.2 Å². The molecule has 0 bridgehead atoms. The van der Waals surface area contributed by atoms with Crippen molar-refractivity contribution in [3.05, 3.63) is 40.5 Å². The highest BCUT2D eigenvalue weighted by atomic mass is 79.9. The van der Waals surface area contributed by atoms with Crippen molar-refractivity contribution in [3.63, 3.8) is 0 Å². The van der Waals surface area contributed by atoms with E-state index in [1.807, 2.05) is 0 Å². The number of hydrogen-bond acceptors (Lipinski definition) is 1. The molecule has 2 rings (SSSR count). The Bertz CT molecular complexity index is 491. The number of alkyl halides is 3. The zero-order chi connectivity index (χ0) is 11.8. The number of halogens is 4. The summed E-state index contributed by atoms with van der Waals surface area (Å²) in [5, 5.41) is 6.16. The third kappa shape index (κ3) is 2.11. The molecule has 0 aliphatic rings. The molecule has 0 aliphatic heterocycles. The van der Waals surface area contributed by atoms with Crippen LogP contribution < -0.4 is 0 Å². The van der Waals surface area contributed by atoms with Gasteiger partial charge in [0.1, 0.15) is 0 Å². The summed E-state index contributed by atoms with van der Waals surface area (Å²) in [4.78, 5) is 0. The fraction of sp³-hybridized carbons (Fsp3) is 0.100. The minimum Gasteiger partial charge on any atom is -0.278 e. The zero-order valence-electron chi connectivity index (χ0n) is 7.85. The van der Waals surface area contributed by atoms with Gasteiger partial charge < -0.3 is 0 Å². The third-order valence-electron chi connectivity index (χ3n) is 2.08. The highest BCUT2D eigenvalue weighted by Gasteiger charge is 2.34. The van der Waals surface area contributed by atoms with Crippen LogP contribution in [0.1, 0.15) is 5.56 Å². The molecule has 0 atom stereocenters. The van der Waals surface area contributed by atoms with Gasteiger partial charge in [-0.1, -0.05) is 22.0 Å². The van der Waals surface area contributed by atoms with E-state index in [1.165, 1.54) is 18.3 Å². The Hall–Kier alpha value is -1.30. The van der Waals surface area contributed by atoms with E-state index in [1.54, 1.807) is 6.07 Å². The molecule has 0 saturated carbocycles. The van der Waals surface area contributed by atoms with Crippen LogP contribution in [-0.4, -0.2) is 10.2 Å². The maximum atomic E-state index is 12.8. The van der Waals surface area contributed by atoms with Crippen LogP contribution >= 0.6 is 15.9 Å². The van der Waals surface area contributed by atoms with E-state index >= 15 is 0 Å². The van der Waals surface area contributed by atoms with Crippen molar-refractivity contribution in [3.8, 4) is 11.3 Å². The molecule has 0 amide bonds. The van der Waals surface area contributed by atoms with Crippen LogP contribution in [0.3, 0.4) is 0 Å². The second-order valence-electron chi connectivity index (χ2n) is 3.16. The van der Waals surface area contributed by atoms with E-state index in [9.17, 15) is 13.2 Å². The van der Waals surface area contributed by atoms with Crippen LogP contribution in [-0.2, 0) is 6.18 Å². The van der Waals surface area contributed by atoms with E-state index < -0.39 is 11.7 Å². The number of benzene rings is 1. The average Bonchev–Trinajstić information content (AvgIpc) is 2.69. The van der Waals surface area contributed by atoms with Gasteiger partial charge in [-0.25, -0.2) is 0 Å². The molecule has 84 valence electrons. The number of rotatable bonds is 1. The lowest BCUT2D eigenvalue weighted by Gasteiger charge is -2.11. The summed E-state index contributed by atoms with van der Waals surface area (Å²) in [7, 11) is 0. The van der Waals surface area contributed by atoms with Gasteiger partial charge in [-0.2, -0.15) is 18.3 Å². The van der Waals surface area contributed by atoms with Crippen LogP contribution in [0.4, 0.5) is 13.2 Å². The largest absolute Gasteiger partial charge is 0.417 e. The van der Waals surface area contributed by atoms with Crippen LogP contribution in [0.2, 0.25) is 0 Å². The van der Waals surface area contributed by atoms with Crippen molar-refractivity contribution in [2.24, 2.45) is 0 Å². The lowest BCUT2D eigenvalue weighted by Crippen LogP contribution is -2.07. The quantitative estimate of drug-likeness (QED) is 0.849. The van der Waals surface area contributed by atoms with Gasteiger partial charge in [0.2, 0.25) is 0 Å². The number of nitrogens with one attached hydrogen (secondary N) is 1. The molecule has 0 radical (unpaired) electrons. The fourth-order valence-corrected chi connectivity index (χ4v) is 1.75. The lowest BCUT2D eigenvalue weighted by atomic mass is 10.0. The van der Waals surface area contributed by atoms with Gasteiger partial charge in [0.05, 0.1) is 11.3 Å². The summed E-state index contributed by atoms with van der Waals surface area (Å²) in [6.07, 6.45) is -2.97. The molecule has 2 nitrogen and oxygen atoms in total. The van der Waals surface area contributed by atoms with E-state index in [0.29, 0.717) is 10.2 Å². The number of hydrogen-bond donors (Lipinski definition) is 1. The molecule has 1 N–H and O–H groups in total. The van der Waals surface area contributed by atoms with E-state index in [-0.39, 0.29) is 5.56 Å². The first-order chi connectivity index (χ1) is 7.48. The molecule has 0 unspecified atom stereocenters. The zero-order valence-corrected chi connectivity index (χ0v) is 9.43. The fourth-order valence-electron chi connectivity index (χ4n) is 1.39. The molecular weight excluding hydrogens is 285 g/mol. The lowest BCUT2D eigenvalue weighted by molar-refractivity contribution is -0.137. The van der Waals surface area contributed by atoms with Crippen LogP contribution in [0, 0.1) is 0 Å². The maximum absolute atomic E-state index is 12.8. The van der Waals surface area contributed by atoms with E-state index in [4.69, 9.17) is 0 Å². The number of H-pyrrole nitrogens is 1. The minimum absolute atomic E-state index is 0.0909. The number of aromatic nitrogens is 2. The van der Waals surface area contributed by atoms with Crippen molar-refractivity contribution in [2.45, 2.75) is 6.18 Å². The van der Waals surface area contributed by atoms with Gasteiger partial charge in [-0.15, -0.1) is 0 Å². The molecule has 1 aromatic carbocycles. The second-order valence-corrected chi connectivity index (χ2v) is 4.07. The summed E-state index contributed by atoms with van der Waals surface area (Å²) in [6, 6.07) is 5.51. The summed E-state index contributed by atoms with van der Waals surface area (Å²) >= 11 is 3.03. The minimum atomic E-state index is -4.38. The molecule has 6 heteroatoms. The molecule has 0 fully saturated rings. The first-order valence-electron chi connectivity index (χ1n) is 4.35. The van der Waals surface area contributed by atoms with Crippen molar-refractivity contribution in [1.82, 2.24) is 10.2 Å². The van der Waals surface area contributed by atoms with Crippen molar-refractivity contribution >= 4 is 15.9 Å². The Balaban J connectivity index is 2.62. The molecule has 16 heavy (non-hydrogen) atoms. The highest BCUT2D eigenvalue weighted by molar-refractivity contribution is 9.10. The third-order valence-corrected chi connectivity index (χ3v) is 2.57. The highest BCUT2D eigenvalue weighted by Crippen LogP contribution is 2.37. The van der Waals surface area contributed by atoms with Crippen LogP contribution in [0.25, 0.3) is 11.3 Å². The second kappa shape index (κ2) is 3.93. The van der Waals surface area contributed by atoms with Gasteiger partial charge in [-0.05, 0) is 18.2 Å². The van der Waals surface area contributed by atoms with Crippen molar-refractivity contribution in [2.75, 3.05) is 0 Å². The normalized spacial score (nSPS) is 11.8. The standard InChI is InChI=1S/C10H6BrF3N2/c11-6-1-2-7(9-3-4-15-16-9)8(5-6)10(12,13)14/h1-5H,(H,15,16). The number of aromatic amines is 1. The first-order valence-corrected chi connectivity index (χ1v) is 5.14. The Morgan fingerprint density at radius 1 is 1.19 bits per heavy atom. The van der Waals surface area contributed by atoms with Gasteiger partial charge in [0.25, 0.3) is 0 Å². The average molecular weight is 291 g/mol. The SMILES string of the molecule is FC(F)(F)c1cc(Br)ccc1-c1ccn[nH]1. The maximum Gasteiger partial charge on any atom is 0.417 e. The molecule has 1 heterocycles. The summed E-state index contributed by atoms with van der Waals surface area (Å²) < 4.78 is 38.7. The smallest absolute Gasteiger partial charge is 0.278 e. The van der Waals surface area contributed by atoms with Crippen molar-refractivity contribution < 1.29 is 13.2 Å². The Morgan fingerprint density at radius 2 is 1.94 bits per heavy atom.